The fourth-order valence-electron chi connectivity index (χ4n) is 1.77. The second-order valence-electron chi connectivity index (χ2n) is 4.17. The van der Waals surface area contributed by atoms with E-state index in [2.05, 4.69) is 10.4 Å². The van der Waals surface area contributed by atoms with Crippen molar-refractivity contribution in [1.29, 1.82) is 0 Å². The normalized spacial score (nSPS) is 12.2. The molecule has 0 aromatic carbocycles. The zero-order valence-corrected chi connectivity index (χ0v) is 10.9. The van der Waals surface area contributed by atoms with Crippen LogP contribution >= 0.6 is 0 Å². The molecule has 2 N–H and O–H groups in total. The van der Waals surface area contributed by atoms with E-state index in [9.17, 15) is 9.59 Å². The number of carboxylic acids is 1. The van der Waals surface area contributed by atoms with E-state index in [1.165, 1.54) is 0 Å². The molecule has 1 aromatic rings. The van der Waals surface area contributed by atoms with Crippen LogP contribution in [-0.2, 0) is 18.3 Å². The summed E-state index contributed by atoms with van der Waals surface area (Å²) in [7, 11) is 1.73. The molecule has 100 valence electrons. The molecule has 0 fully saturated rings. The molecule has 0 aliphatic heterocycles. The Balaban J connectivity index is 2.83. The summed E-state index contributed by atoms with van der Waals surface area (Å²) in [4.78, 5) is 23.0. The molecule has 1 aromatic heterocycles. The Labute approximate surface area is 106 Å². The summed E-state index contributed by atoms with van der Waals surface area (Å²) in [6.07, 6.45) is 3.36. The van der Waals surface area contributed by atoms with Crippen molar-refractivity contribution in [3.8, 4) is 0 Å². The third-order valence-corrected chi connectivity index (χ3v) is 2.67. The highest BCUT2D eigenvalue weighted by atomic mass is 16.4. The summed E-state index contributed by atoms with van der Waals surface area (Å²) in [5.74, 6) is -1.38. The zero-order chi connectivity index (χ0) is 13.7. The van der Waals surface area contributed by atoms with Crippen LogP contribution in [0.3, 0.4) is 0 Å². The standard InChI is InChI=1S/C12H19N3O3/c1-4-6-10(12(17)18)13-11(16)8-7-15(3)14-9(8)5-2/h7,10H,4-6H2,1-3H3,(H,13,16)(H,17,18)/t10-/m1/s1. The topological polar surface area (TPSA) is 84.2 Å². The fourth-order valence-corrected chi connectivity index (χ4v) is 1.77. The number of aryl methyl sites for hydroxylation is 2. The van der Waals surface area contributed by atoms with Crippen LogP contribution < -0.4 is 5.32 Å². The monoisotopic (exact) mass is 253 g/mol. The molecule has 0 saturated heterocycles. The van der Waals surface area contributed by atoms with Gasteiger partial charge in [0, 0.05) is 13.2 Å². The van der Waals surface area contributed by atoms with E-state index in [0.717, 1.165) is 0 Å². The van der Waals surface area contributed by atoms with Gasteiger partial charge in [-0.15, -0.1) is 0 Å². The first kappa shape index (κ1) is 14.2. The molecule has 18 heavy (non-hydrogen) atoms. The quantitative estimate of drug-likeness (QED) is 0.791. The smallest absolute Gasteiger partial charge is 0.326 e. The van der Waals surface area contributed by atoms with Gasteiger partial charge in [0.1, 0.15) is 6.04 Å². The van der Waals surface area contributed by atoms with Crippen LogP contribution in [-0.4, -0.2) is 32.8 Å². The minimum atomic E-state index is -1.01. The Hall–Kier alpha value is -1.85. The first-order valence-corrected chi connectivity index (χ1v) is 6.05. The van der Waals surface area contributed by atoms with Gasteiger partial charge in [0.05, 0.1) is 11.3 Å². The van der Waals surface area contributed by atoms with Gasteiger partial charge in [0.25, 0.3) is 5.91 Å². The fraction of sp³-hybridized carbons (Fsp3) is 0.583. The molecule has 0 saturated carbocycles. The lowest BCUT2D eigenvalue weighted by Gasteiger charge is -2.13. The van der Waals surface area contributed by atoms with Gasteiger partial charge >= 0.3 is 5.97 Å². The molecule has 6 nitrogen and oxygen atoms in total. The first-order chi connectivity index (χ1) is 8.49. The number of carboxylic acid groups (broad SMARTS) is 1. The minimum absolute atomic E-state index is 0.374. The van der Waals surface area contributed by atoms with E-state index >= 15 is 0 Å². The molecular weight excluding hydrogens is 234 g/mol. The predicted molar refractivity (Wildman–Crippen MR) is 66.4 cm³/mol. The van der Waals surface area contributed by atoms with Crippen molar-refractivity contribution in [3.63, 3.8) is 0 Å². The maximum absolute atomic E-state index is 12.0. The molecule has 0 radical (unpaired) electrons. The van der Waals surface area contributed by atoms with Crippen LogP contribution in [0.4, 0.5) is 0 Å². The summed E-state index contributed by atoms with van der Waals surface area (Å²) in [5.41, 5.74) is 1.12. The average molecular weight is 253 g/mol. The van der Waals surface area contributed by atoms with Crippen molar-refractivity contribution < 1.29 is 14.7 Å². The number of hydrogen-bond donors (Lipinski definition) is 2. The van der Waals surface area contributed by atoms with Crippen LogP contribution in [0.25, 0.3) is 0 Å². The van der Waals surface area contributed by atoms with Crippen molar-refractivity contribution in [1.82, 2.24) is 15.1 Å². The van der Waals surface area contributed by atoms with Gasteiger partial charge in [-0.05, 0) is 12.8 Å². The average Bonchev–Trinajstić information content (AvgIpc) is 2.69. The molecule has 0 spiro atoms. The largest absolute Gasteiger partial charge is 0.480 e. The maximum atomic E-state index is 12.0. The highest BCUT2D eigenvalue weighted by Crippen LogP contribution is 2.08. The predicted octanol–water partition coefficient (Wildman–Crippen LogP) is 0.966. The Bertz CT molecular complexity index is 440. The number of carbonyl (C=O) groups is 2. The highest BCUT2D eigenvalue weighted by molar-refractivity contribution is 5.97. The van der Waals surface area contributed by atoms with Gasteiger partial charge in [0.15, 0.2) is 0 Å². The Morgan fingerprint density at radius 1 is 1.50 bits per heavy atom. The highest BCUT2D eigenvalue weighted by Gasteiger charge is 2.22. The minimum Gasteiger partial charge on any atom is -0.480 e. The summed E-state index contributed by atoms with van der Waals surface area (Å²) in [6.45, 7) is 3.78. The SMILES string of the molecule is CCC[C@@H](NC(=O)c1cn(C)nc1CC)C(=O)O. The second-order valence-corrected chi connectivity index (χ2v) is 4.17. The van der Waals surface area contributed by atoms with E-state index < -0.39 is 12.0 Å². The first-order valence-electron chi connectivity index (χ1n) is 6.05. The molecule has 0 aliphatic carbocycles. The lowest BCUT2D eigenvalue weighted by molar-refractivity contribution is -0.139. The zero-order valence-electron chi connectivity index (χ0n) is 10.9. The van der Waals surface area contributed by atoms with Gasteiger partial charge in [0.2, 0.25) is 0 Å². The van der Waals surface area contributed by atoms with Crippen molar-refractivity contribution >= 4 is 11.9 Å². The van der Waals surface area contributed by atoms with E-state index in [1.54, 1.807) is 17.9 Å². The molecular formula is C12H19N3O3. The molecule has 6 heteroatoms. The molecule has 0 unspecified atom stereocenters. The summed E-state index contributed by atoms with van der Waals surface area (Å²) in [5, 5.41) is 15.7. The number of rotatable bonds is 6. The molecule has 1 heterocycles. The Morgan fingerprint density at radius 3 is 2.67 bits per heavy atom. The van der Waals surface area contributed by atoms with E-state index in [0.29, 0.717) is 30.5 Å². The molecule has 0 bridgehead atoms. The van der Waals surface area contributed by atoms with Gasteiger partial charge in [-0.3, -0.25) is 9.48 Å². The summed E-state index contributed by atoms with van der Waals surface area (Å²) in [6, 6.07) is -0.840. The lowest BCUT2D eigenvalue weighted by Crippen LogP contribution is -2.40. The van der Waals surface area contributed by atoms with Gasteiger partial charge in [-0.25, -0.2) is 4.79 Å². The molecule has 1 atom stereocenters. The molecule has 0 aliphatic rings. The third kappa shape index (κ3) is 3.32. The van der Waals surface area contributed by atoms with Crippen LogP contribution in [0, 0.1) is 0 Å². The van der Waals surface area contributed by atoms with Crippen molar-refractivity contribution in [3.05, 3.63) is 17.5 Å². The molecule has 1 rings (SSSR count). The summed E-state index contributed by atoms with van der Waals surface area (Å²) < 4.78 is 1.56. The maximum Gasteiger partial charge on any atom is 0.326 e. The van der Waals surface area contributed by atoms with Gasteiger partial charge in [-0.2, -0.15) is 5.10 Å². The van der Waals surface area contributed by atoms with E-state index in [-0.39, 0.29) is 5.91 Å². The number of amides is 1. The number of nitrogens with zero attached hydrogens (tertiary/aromatic N) is 2. The van der Waals surface area contributed by atoms with Crippen molar-refractivity contribution in [2.45, 2.75) is 39.2 Å². The number of nitrogens with one attached hydrogen (secondary N) is 1. The van der Waals surface area contributed by atoms with Crippen molar-refractivity contribution in [2.24, 2.45) is 7.05 Å². The summed E-state index contributed by atoms with van der Waals surface area (Å²) >= 11 is 0. The number of carbonyl (C=O) groups excluding carboxylic acids is 1. The van der Waals surface area contributed by atoms with E-state index in [4.69, 9.17) is 5.11 Å². The van der Waals surface area contributed by atoms with Crippen LogP contribution in [0.15, 0.2) is 6.20 Å². The number of hydrogen-bond acceptors (Lipinski definition) is 3. The molecule has 1 amide bonds. The van der Waals surface area contributed by atoms with Crippen LogP contribution in [0.5, 0.6) is 0 Å². The van der Waals surface area contributed by atoms with Crippen LogP contribution in [0.1, 0.15) is 42.7 Å². The lowest BCUT2D eigenvalue weighted by atomic mass is 10.1. The van der Waals surface area contributed by atoms with Gasteiger partial charge < -0.3 is 10.4 Å². The Kier molecular flexibility index (Phi) is 4.88. The van der Waals surface area contributed by atoms with Crippen LogP contribution in [0.2, 0.25) is 0 Å². The number of aromatic nitrogens is 2. The van der Waals surface area contributed by atoms with Crippen molar-refractivity contribution in [2.75, 3.05) is 0 Å². The Morgan fingerprint density at radius 2 is 2.17 bits per heavy atom. The van der Waals surface area contributed by atoms with Gasteiger partial charge in [-0.1, -0.05) is 20.3 Å². The van der Waals surface area contributed by atoms with E-state index in [1.807, 2.05) is 13.8 Å². The number of aliphatic carboxylic acids is 1. The third-order valence-electron chi connectivity index (χ3n) is 2.67. The second kappa shape index (κ2) is 6.18.